The predicted octanol–water partition coefficient (Wildman–Crippen LogP) is 5.30. The molecule has 0 fully saturated rings. The second-order valence-corrected chi connectivity index (χ2v) is 14.4. The van der Waals surface area contributed by atoms with E-state index in [4.69, 9.17) is 0 Å². The van der Waals surface area contributed by atoms with Gasteiger partial charge in [-0.15, -0.1) is 0 Å². The van der Waals surface area contributed by atoms with Crippen LogP contribution in [-0.4, -0.2) is 54.6 Å². The number of aliphatic hydroxyl groups is 4. The van der Waals surface area contributed by atoms with E-state index in [0.717, 1.165) is 12.5 Å². The average molecular weight is 569 g/mol. The van der Waals surface area contributed by atoms with Crippen LogP contribution in [0.1, 0.15) is 115 Å². The van der Waals surface area contributed by atoms with E-state index in [9.17, 15) is 39.9 Å². The van der Waals surface area contributed by atoms with Gasteiger partial charge in [0.2, 0.25) is 5.78 Å². The quantitative estimate of drug-likeness (QED) is 0.308. The molecule has 0 radical (unpaired) electrons. The van der Waals surface area contributed by atoms with Crippen molar-refractivity contribution in [3.8, 4) is 5.75 Å². The summed E-state index contributed by atoms with van der Waals surface area (Å²) in [6.07, 6.45) is -1.64. The Hall–Kier alpha value is -2.97. The Bertz CT molecular complexity index is 1450. The second kappa shape index (κ2) is 9.01. The molecule has 0 bridgehead atoms. The number of fused-ring (bicyclic) bond motifs is 3. The normalized spacial score (nSPS) is 33.8. The van der Waals surface area contributed by atoms with Gasteiger partial charge in [-0.1, -0.05) is 75.3 Å². The number of ketones is 3. The summed E-state index contributed by atoms with van der Waals surface area (Å²) in [5.74, 6) is -6.98. The minimum Gasteiger partial charge on any atom is -0.511 e. The molecule has 4 rings (SSSR count). The van der Waals surface area contributed by atoms with Gasteiger partial charge in [0.25, 0.3) is 0 Å². The number of Topliss-reactive ketones (excluding diaryl/α,β-unsaturated/α-hetero) is 3. The molecule has 1 aromatic rings. The van der Waals surface area contributed by atoms with Crippen LogP contribution >= 0.6 is 0 Å². The Morgan fingerprint density at radius 2 is 1.56 bits per heavy atom. The Morgan fingerprint density at radius 3 is 2.00 bits per heavy atom. The first-order valence-electron chi connectivity index (χ1n) is 14.3. The number of hydrogen-bond acceptors (Lipinski definition) is 8. The van der Waals surface area contributed by atoms with E-state index < -0.39 is 80.1 Å². The number of aromatic hydroxyl groups is 1. The number of carbonyl (C=O) groups excluding carboxylic acids is 3. The molecule has 41 heavy (non-hydrogen) atoms. The Balaban J connectivity index is 2.22. The summed E-state index contributed by atoms with van der Waals surface area (Å²) in [5, 5.41) is 59.5. The van der Waals surface area contributed by atoms with E-state index in [1.165, 1.54) is 6.92 Å². The van der Waals surface area contributed by atoms with E-state index in [1.807, 2.05) is 40.7 Å². The first-order chi connectivity index (χ1) is 18.5. The molecule has 1 aromatic carbocycles. The zero-order valence-electron chi connectivity index (χ0n) is 25.9. The van der Waals surface area contributed by atoms with E-state index in [1.54, 1.807) is 27.7 Å². The van der Waals surface area contributed by atoms with E-state index in [0.29, 0.717) is 11.1 Å². The molecule has 1 unspecified atom stereocenters. The highest BCUT2D eigenvalue weighted by molar-refractivity contribution is 6.25. The third-order valence-electron chi connectivity index (χ3n) is 10.4. The number of allylic oxidation sites excluding steroid dienone is 1. The van der Waals surface area contributed by atoms with Gasteiger partial charge in [0, 0.05) is 22.3 Å². The lowest BCUT2D eigenvalue weighted by Gasteiger charge is -2.63. The van der Waals surface area contributed by atoms with Gasteiger partial charge in [0.15, 0.2) is 17.2 Å². The maximum Gasteiger partial charge on any atom is 0.209 e. The van der Waals surface area contributed by atoms with Crippen molar-refractivity contribution in [3.63, 3.8) is 0 Å². The summed E-state index contributed by atoms with van der Waals surface area (Å²) in [6, 6.07) is 1.89. The number of phenols is 1. The van der Waals surface area contributed by atoms with Gasteiger partial charge in [-0.3, -0.25) is 14.4 Å². The molecule has 5 N–H and O–H groups in total. The molecule has 8 heteroatoms. The Labute approximate surface area is 241 Å². The van der Waals surface area contributed by atoms with Gasteiger partial charge in [0.1, 0.15) is 22.8 Å². The summed E-state index contributed by atoms with van der Waals surface area (Å²) < 4.78 is 0. The lowest BCUT2D eigenvalue weighted by molar-refractivity contribution is -0.211. The van der Waals surface area contributed by atoms with Gasteiger partial charge in [-0.25, -0.2) is 0 Å². The first kappa shape index (κ1) is 31.0. The van der Waals surface area contributed by atoms with Gasteiger partial charge in [-0.05, 0) is 41.2 Å². The third-order valence-corrected chi connectivity index (χ3v) is 10.4. The lowest BCUT2D eigenvalue weighted by Crippen LogP contribution is -2.73. The fourth-order valence-electron chi connectivity index (χ4n) is 8.17. The summed E-state index contributed by atoms with van der Waals surface area (Å²) >= 11 is 0. The molecule has 3 aliphatic rings. The van der Waals surface area contributed by atoms with Crippen LogP contribution in [-0.2, 0) is 15.0 Å². The van der Waals surface area contributed by atoms with Crippen LogP contribution < -0.4 is 0 Å². The number of carbonyl (C=O) groups is 3. The molecule has 0 spiro atoms. The highest BCUT2D eigenvalue weighted by Crippen LogP contribution is 2.68. The van der Waals surface area contributed by atoms with Crippen LogP contribution in [0, 0.1) is 22.7 Å². The zero-order chi connectivity index (χ0) is 31.5. The fourth-order valence-corrected chi connectivity index (χ4v) is 8.17. The molecule has 0 saturated heterocycles. The van der Waals surface area contributed by atoms with Crippen LogP contribution in [0.3, 0.4) is 0 Å². The molecule has 8 nitrogen and oxygen atoms in total. The molecule has 6 atom stereocenters. The van der Waals surface area contributed by atoms with Gasteiger partial charge in [0.05, 0.1) is 17.2 Å². The van der Waals surface area contributed by atoms with Crippen molar-refractivity contribution in [2.45, 2.75) is 105 Å². The molecular weight excluding hydrogens is 524 g/mol. The third kappa shape index (κ3) is 3.49. The first-order valence-corrected chi connectivity index (χ1v) is 14.3. The van der Waals surface area contributed by atoms with Gasteiger partial charge in [-0.2, -0.15) is 0 Å². The predicted molar refractivity (Wildman–Crippen MR) is 154 cm³/mol. The molecule has 0 aromatic heterocycles. The maximum absolute atomic E-state index is 14.5. The molecule has 0 heterocycles. The molecule has 0 aliphatic heterocycles. The fraction of sp³-hybridized carbons (Fsp3) is 0.606. The monoisotopic (exact) mass is 568 g/mol. The number of rotatable bonds is 3. The summed E-state index contributed by atoms with van der Waals surface area (Å²) in [7, 11) is 0. The molecular formula is C33H44O8. The second-order valence-electron chi connectivity index (χ2n) is 14.4. The van der Waals surface area contributed by atoms with Crippen molar-refractivity contribution in [3.05, 3.63) is 51.0 Å². The van der Waals surface area contributed by atoms with Crippen molar-refractivity contribution >= 4 is 17.3 Å². The highest BCUT2D eigenvalue weighted by atomic mass is 16.4. The minimum atomic E-state index is -2.89. The number of phenolic OH excluding ortho intramolecular Hbond substituents is 1. The average Bonchev–Trinajstić information content (AvgIpc) is 2.82. The topological polar surface area (TPSA) is 152 Å². The Morgan fingerprint density at radius 1 is 1.02 bits per heavy atom. The zero-order valence-corrected chi connectivity index (χ0v) is 25.9. The summed E-state index contributed by atoms with van der Waals surface area (Å²) in [6.45, 7) is 19.0. The summed E-state index contributed by atoms with van der Waals surface area (Å²) in [4.78, 5) is 41.0. The minimum absolute atomic E-state index is 0.0269. The number of benzene rings is 1. The van der Waals surface area contributed by atoms with E-state index in [2.05, 4.69) is 0 Å². The molecule has 3 aliphatic carbocycles. The summed E-state index contributed by atoms with van der Waals surface area (Å²) in [5.41, 5.74) is -6.10. The van der Waals surface area contributed by atoms with Crippen LogP contribution in [0.25, 0.3) is 0 Å². The van der Waals surface area contributed by atoms with Crippen LogP contribution in [0.15, 0.2) is 28.7 Å². The lowest BCUT2D eigenvalue weighted by atomic mass is 9.41. The van der Waals surface area contributed by atoms with E-state index >= 15 is 0 Å². The maximum atomic E-state index is 14.5. The van der Waals surface area contributed by atoms with Crippen molar-refractivity contribution in [2.24, 2.45) is 22.7 Å². The van der Waals surface area contributed by atoms with E-state index in [-0.39, 0.29) is 22.8 Å². The van der Waals surface area contributed by atoms with Gasteiger partial charge >= 0.3 is 0 Å². The van der Waals surface area contributed by atoms with Crippen molar-refractivity contribution in [1.82, 2.24) is 0 Å². The number of aliphatic hydroxyl groups excluding tert-OH is 3. The van der Waals surface area contributed by atoms with Crippen molar-refractivity contribution in [2.75, 3.05) is 0 Å². The van der Waals surface area contributed by atoms with Crippen LogP contribution in [0.2, 0.25) is 0 Å². The number of hydrogen-bond donors (Lipinski definition) is 5. The van der Waals surface area contributed by atoms with Crippen molar-refractivity contribution < 1.29 is 39.9 Å². The molecule has 224 valence electrons. The largest absolute Gasteiger partial charge is 0.511 e. The smallest absolute Gasteiger partial charge is 0.209 e. The van der Waals surface area contributed by atoms with Crippen molar-refractivity contribution in [1.29, 1.82) is 0 Å². The molecule has 0 saturated carbocycles. The van der Waals surface area contributed by atoms with Gasteiger partial charge < -0.3 is 25.5 Å². The molecule has 0 amide bonds. The highest BCUT2D eigenvalue weighted by Gasteiger charge is 2.76. The van der Waals surface area contributed by atoms with Crippen LogP contribution in [0.4, 0.5) is 0 Å². The standard InChI is InChI=1S/C33H44O8/c1-13(2)17-12-18(30(7,8)9)24(35)21-19(17)15(5)31(10)23(26(21)37)28(39)33(41)27(38)20(16(6)34)25(36)22(14(3)4)32(33,11)29(31)40/h12-15,22,29,35-36,39-41H,1-11H3/t15-,22?,29-,31+,32+,33+/m1/s1. The Kier molecular flexibility index (Phi) is 6.81. The van der Waals surface area contributed by atoms with Crippen LogP contribution in [0.5, 0.6) is 5.75 Å². The SMILES string of the molecule is CC(=O)C1=C(O)C(C(C)C)[C@@]2(C)[C@H](O)[C@]3(C)C(=C(O)[C@@]2(O)C1=O)C(=O)c1c(O)c(C(C)(C)C)cc(C(C)C)c1[C@H]3C.